The largest absolute Gasteiger partial charge is 0.397 e. The van der Waals surface area contributed by atoms with Gasteiger partial charge in [0.1, 0.15) is 0 Å². The van der Waals surface area contributed by atoms with Crippen LogP contribution in [0.3, 0.4) is 0 Å². The van der Waals surface area contributed by atoms with Gasteiger partial charge >= 0.3 is 0 Å². The fourth-order valence-electron chi connectivity index (χ4n) is 1.95. The molecule has 2 N–H and O–H groups in total. The van der Waals surface area contributed by atoms with Crippen molar-refractivity contribution in [3.8, 4) is 0 Å². The molecule has 4 heteroatoms. The zero-order valence-corrected chi connectivity index (χ0v) is 12.5. The van der Waals surface area contributed by atoms with Crippen LogP contribution in [0.5, 0.6) is 0 Å². The van der Waals surface area contributed by atoms with E-state index < -0.39 is 0 Å². The maximum Gasteiger partial charge on any atom is 0.258 e. The van der Waals surface area contributed by atoms with Crippen LogP contribution in [0.1, 0.15) is 30.6 Å². The molecule has 0 aliphatic heterocycles. The van der Waals surface area contributed by atoms with E-state index in [9.17, 15) is 4.79 Å². The maximum atomic E-state index is 12.2. The first kappa shape index (κ1) is 16.9. The van der Waals surface area contributed by atoms with E-state index in [2.05, 4.69) is 0 Å². The molecule has 112 valence electrons. The lowest BCUT2D eigenvalue weighted by molar-refractivity contribution is 0.0852. The van der Waals surface area contributed by atoms with Gasteiger partial charge in [0.2, 0.25) is 0 Å². The highest BCUT2D eigenvalue weighted by molar-refractivity contribution is 6.02. The average molecular weight is 286 g/mol. The number of hydrogen-bond acceptors (Lipinski definition) is 3. The quantitative estimate of drug-likeness (QED) is 0.669. The van der Waals surface area contributed by atoms with Gasteiger partial charge in [-0.15, -0.1) is 0 Å². The van der Waals surface area contributed by atoms with E-state index in [1.807, 2.05) is 49.4 Å². The molecule has 0 saturated carbocycles. The van der Waals surface area contributed by atoms with Crippen LogP contribution >= 0.6 is 0 Å². The van der Waals surface area contributed by atoms with Crippen molar-refractivity contribution < 1.29 is 9.90 Å². The minimum absolute atomic E-state index is 0.113. The van der Waals surface area contributed by atoms with Crippen molar-refractivity contribution in [1.29, 1.82) is 5.41 Å². The molecule has 2 aromatic carbocycles. The number of benzene rings is 2. The van der Waals surface area contributed by atoms with Crippen molar-refractivity contribution in [2.24, 2.45) is 0 Å². The normalized spacial score (nSPS) is 9.67. The molecule has 21 heavy (non-hydrogen) atoms. The molecule has 0 unspecified atom stereocenters. The van der Waals surface area contributed by atoms with E-state index in [-0.39, 0.29) is 12.5 Å². The molecule has 0 atom stereocenters. The minimum atomic E-state index is -0.113. The second-order valence-electron chi connectivity index (χ2n) is 4.51. The Balaban J connectivity index is 0.000000677. The summed E-state index contributed by atoms with van der Waals surface area (Å²) in [5, 5.41) is 17.0. The number of rotatable bonds is 4. The molecule has 0 spiro atoms. The molecule has 1 amide bonds. The summed E-state index contributed by atoms with van der Waals surface area (Å²) in [5.41, 5.74) is 0.630. The summed E-state index contributed by atoms with van der Waals surface area (Å²) in [5.74, 6) is -0.113. The highest BCUT2D eigenvalue weighted by Crippen LogP contribution is 2.16. The number of aliphatic hydroxyl groups is 1. The molecule has 0 fully saturated rings. The first-order valence-electron chi connectivity index (χ1n) is 7.09. The Hall–Kier alpha value is -2.20. The van der Waals surface area contributed by atoms with E-state index in [1.165, 1.54) is 4.90 Å². The number of carbonyl (C=O) groups is 1. The molecule has 0 saturated heterocycles. The standard InChI is InChI=1S/C15H16N2O.C2H6O/c1-2-9-17(11-16)15(18)14-8-7-12-5-3-4-6-13(12)10-14;1-2-3/h3-8,10-11,16H,2,9H2,1H3;3H,2H2,1H3. The van der Waals surface area contributed by atoms with E-state index >= 15 is 0 Å². The summed E-state index contributed by atoms with van der Waals surface area (Å²) >= 11 is 0. The number of hydrogen-bond donors (Lipinski definition) is 2. The second kappa shape index (κ2) is 8.87. The fourth-order valence-corrected chi connectivity index (χ4v) is 1.95. The lowest BCUT2D eigenvalue weighted by Crippen LogP contribution is -2.29. The molecule has 2 aromatic rings. The smallest absolute Gasteiger partial charge is 0.258 e. The van der Waals surface area contributed by atoms with Crippen molar-refractivity contribution in [2.45, 2.75) is 20.3 Å². The second-order valence-corrected chi connectivity index (χ2v) is 4.51. The van der Waals surface area contributed by atoms with E-state index in [4.69, 9.17) is 10.5 Å². The predicted octanol–water partition coefficient (Wildman–Crippen LogP) is 3.30. The van der Waals surface area contributed by atoms with Gasteiger partial charge in [-0.1, -0.05) is 37.3 Å². The third kappa shape index (κ3) is 4.68. The van der Waals surface area contributed by atoms with Crippen LogP contribution in [-0.4, -0.2) is 35.4 Å². The van der Waals surface area contributed by atoms with Gasteiger partial charge in [0.15, 0.2) is 0 Å². The van der Waals surface area contributed by atoms with E-state index in [0.29, 0.717) is 12.1 Å². The van der Waals surface area contributed by atoms with Crippen LogP contribution in [0.15, 0.2) is 42.5 Å². The number of carbonyl (C=O) groups excluding carboxylic acids is 1. The van der Waals surface area contributed by atoms with Crippen molar-refractivity contribution in [1.82, 2.24) is 4.90 Å². The Morgan fingerprint density at radius 1 is 1.19 bits per heavy atom. The van der Waals surface area contributed by atoms with Crippen LogP contribution in [0, 0.1) is 5.41 Å². The molecule has 0 aromatic heterocycles. The summed E-state index contributed by atoms with van der Waals surface area (Å²) in [4.78, 5) is 13.6. The summed E-state index contributed by atoms with van der Waals surface area (Å²) < 4.78 is 0. The van der Waals surface area contributed by atoms with Crippen molar-refractivity contribution in [3.63, 3.8) is 0 Å². The Kier molecular flexibility index (Phi) is 7.12. The molecule has 2 rings (SSSR count). The maximum absolute atomic E-state index is 12.2. The molecule has 0 bridgehead atoms. The number of aliphatic hydroxyl groups excluding tert-OH is 1. The number of nitrogens with zero attached hydrogens (tertiary/aromatic N) is 1. The average Bonchev–Trinajstić information content (AvgIpc) is 2.52. The van der Waals surface area contributed by atoms with Crippen molar-refractivity contribution >= 4 is 23.0 Å². The Labute approximate surface area is 125 Å². The molecule has 0 radical (unpaired) electrons. The first-order valence-corrected chi connectivity index (χ1v) is 7.09. The fraction of sp³-hybridized carbons (Fsp3) is 0.294. The van der Waals surface area contributed by atoms with Crippen LogP contribution < -0.4 is 0 Å². The van der Waals surface area contributed by atoms with Crippen LogP contribution in [0.4, 0.5) is 0 Å². The van der Waals surface area contributed by atoms with Gasteiger partial charge in [0, 0.05) is 18.7 Å². The summed E-state index contributed by atoms with van der Waals surface area (Å²) in [7, 11) is 0. The lowest BCUT2D eigenvalue weighted by atomic mass is 10.1. The van der Waals surface area contributed by atoms with Gasteiger partial charge in [0.25, 0.3) is 5.91 Å². The Morgan fingerprint density at radius 3 is 2.38 bits per heavy atom. The van der Waals surface area contributed by atoms with Gasteiger partial charge < -0.3 is 5.11 Å². The number of fused-ring (bicyclic) bond motifs is 1. The highest BCUT2D eigenvalue weighted by Gasteiger charge is 2.12. The van der Waals surface area contributed by atoms with Crippen LogP contribution in [0.2, 0.25) is 0 Å². The molecule has 0 aliphatic rings. The molecular formula is C17H22N2O2. The zero-order valence-electron chi connectivity index (χ0n) is 12.5. The third-order valence-corrected chi connectivity index (χ3v) is 2.88. The van der Waals surface area contributed by atoms with Gasteiger partial charge in [-0.05, 0) is 36.2 Å². The van der Waals surface area contributed by atoms with Gasteiger partial charge in [0.05, 0.1) is 6.34 Å². The van der Waals surface area contributed by atoms with E-state index in [0.717, 1.165) is 23.5 Å². The van der Waals surface area contributed by atoms with Gasteiger partial charge in [-0.3, -0.25) is 15.1 Å². The first-order chi connectivity index (χ1) is 10.2. The molecular weight excluding hydrogens is 264 g/mol. The van der Waals surface area contributed by atoms with Crippen LogP contribution in [-0.2, 0) is 0 Å². The highest BCUT2D eigenvalue weighted by atomic mass is 16.2. The SMILES string of the molecule is CCCN(C=N)C(=O)c1ccc2ccccc2c1.CCO. The summed E-state index contributed by atoms with van der Waals surface area (Å²) in [6.45, 7) is 4.50. The Bertz CT molecular complexity index is 596. The zero-order chi connectivity index (χ0) is 15.7. The monoisotopic (exact) mass is 286 g/mol. The molecule has 4 nitrogen and oxygen atoms in total. The van der Waals surface area contributed by atoms with E-state index in [1.54, 1.807) is 6.92 Å². The lowest BCUT2D eigenvalue weighted by Gasteiger charge is -2.16. The molecule has 0 heterocycles. The van der Waals surface area contributed by atoms with Crippen molar-refractivity contribution in [3.05, 3.63) is 48.0 Å². The van der Waals surface area contributed by atoms with Gasteiger partial charge in [-0.25, -0.2) is 0 Å². The topological polar surface area (TPSA) is 64.4 Å². The van der Waals surface area contributed by atoms with Crippen LogP contribution in [0.25, 0.3) is 10.8 Å². The minimum Gasteiger partial charge on any atom is -0.397 e. The van der Waals surface area contributed by atoms with Crippen molar-refractivity contribution in [2.75, 3.05) is 13.2 Å². The summed E-state index contributed by atoms with van der Waals surface area (Å²) in [6, 6.07) is 13.6. The Morgan fingerprint density at radius 2 is 1.81 bits per heavy atom. The number of amides is 1. The summed E-state index contributed by atoms with van der Waals surface area (Å²) in [6.07, 6.45) is 1.94. The van der Waals surface area contributed by atoms with Gasteiger partial charge in [-0.2, -0.15) is 0 Å². The predicted molar refractivity (Wildman–Crippen MR) is 86.8 cm³/mol. The molecule has 0 aliphatic carbocycles. The third-order valence-electron chi connectivity index (χ3n) is 2.88. The number of nitrogens with one attached hydrogen (secondary N) is 1.